The lowest BCUT2D eigenvalue weighted by Gasteiger charge is -2.04. The van der Waals surface area contributed by atoms with Crippen LogP contribution in [-0.4, -0.2) is 21.3 Å². The summed E-state index contributed by atoms with van der Waals surface area (Å²) in [5.41, 5.74) is 2.04. The maximum atomic E-state index is 9.06. The van der Waals surface area contributed by atoms with Crippen molar-refractivity contribution in [3.63, 3.8) is 0 Å². The summed E-state index contributed by atoms with van der Waals surface area (Å²) in [5.74, 6) is 0.900. The molecule has 2 aromatic rings. The third-order valence-electron chi connectivity index (χ3n) is 2.55. The first-order valence-corrected chi connectivity index (χ1v) is 5.68. The second-order valence-electron chi connectivity index (χ2n) is 3.83. The molecular formula is C14H16N2O. The molecule has 0 bridgehead atoms. The van der Waals surface area contributed by atoms with Crippen molar-refractivity contribution in [2.24, 2.45) is 0 Å². The van der Waals surface area contributed by atoms with Gasteiger partial charge in [-0.25, -0.2) is 4.98 Å². The molecule has 0 spiro atoms. The lowest BCUT2D eigenvalue weighted by Crippen LogP contribution is -2.02. The van der Waals surface area contributed by atoms with Crippen LogP contribution in [0.4, 0.5) is 0 Å². The minimum Gasteiger partial charge on any atom is -0.395 e. The van der Waals surface area contributed by atoms with Crippen LogP contribution in [0.3, 0.4) is 0 Å². The Labute approximate surface area is 101 Å². The Hall–Kier alpha value is -1.87. The molecule has 1 N–H and O–H groups in total. The smallest absolute Gasteiger partial charge is 0.140 e. The summed E-state index contributed by atoms with van der Waals surface area (Å²) in [6.45, 7) is 4.39. The van der Waals surface area contributed by atoms with E-state index in [2.05, 4.69) is 11.6 Å². The molecule has 0 unspecified atom stereocenters. The molecule has 3 heteroatoms. The molecular weight excluding hydrogens is 212 g/mol. The Bertz CT molecular complexity index is 488. The van der Waals surface area contributed by atoms with Gasteiger partial charge in [-0.1, -0.05) is 36.4 Å². The number of nitrogens with zero attached hydrogens (tertiary/aromatic N) is 2. The number of allylic oxidation sites excluding steroid dienone is 1. The fourth-order valence-corrected chi connectivity index (χ4v) is 1.81. The summed E-state index contributed by atoms with van der Waals surface area (Å²) in [5, 5.41) is 9.06. The Balaban J connectivity index is 2.40. The normalized spacial score (nSPS) is 10.4. The van der Waals surface area contributed by atoms with E-state index in [0.29, 0.717) is 6.54 Å². The van der Waals surface area contributed by atoms with Gasteiger partial charge in [0, 0.05) is 24.7 Å². The highest BCUT2D eigenvalue weighted by Gasteiger charge is 2.08. The number of rotatable bonds is 5. The number of imidazole rings is 1. The molecule has 0 fully saturated rings. The highest BCUT2D eigenvalue weighted by molar-refractivity contribution is 5.55. The monoisotopic (exact) mass is 228 g/mol. The number of hydrogen-bond acceptors (Lipinski definition) is 2. The maximum absolute atomic E-state index is 9.06. The fourth-order valence-electron chi connectivity index (χ4n) is 1.81. The van der Waals surface area contributed by atoms with Gasteiger partial charge in [-0.3, -0.25) is 0 Å². The summed E-state index contributed by atoms with van der Waals surface area (Å²) in [6.07, 6.45) is 4.55. The third kappa shape index (κ3) is 2.63. The van der Waals surface area contributed by atoms with Gasteiger partial charge in [-0.2, -0.15) is 0 Å². The maximum Gasteiger partial charge on any atom is 0.140 e. The quantitative estimate of drug-likeness (QED) is 0.797. The van der Waals surface area contributed by atoms with Crippen LogP contribution in [0.15, 0.2) is 49.2 Å². The second-order valence-corrected chi connectivity index (χ2v) is 3.83. The molecule has 0 atom stereocenters. The molecule has 1 aromatic heterocycles. The molecule has 2 rings (SSSR count). The van der Waals surface area contributed by atoms with Crippen molar-refractivity contribution in [1.29, 1.82) is 0 Å². The summed E-state index contributed by atoms with van der Waals surface area (Å²) < 4.78 is 1.98. The zero-order chi connectivity index (χ0) is 12.1. The van der Waals surface area contributed by atoms with Crippen LogP contribution in [0, 0.1) is 0 Å². The van der Waals surface area contributed by atoms with Gasteiger partial charge < -0.3 is 9.67 Å². The number of hydrogen-bond donors (Lipinski definition) is 1. The lowest BCUT2D eigenvalue weighted by molar-refractivity contribution is 0.276. The average molecular weight is 228 g/mol. The van der Waals surface area contributed by atoms with E-state index in [1.165, 1.54) is 0 Å². The predicted molar refractivity (Wildman–Crippen MR) is 68.6 cm³/mol. The van der Waals surface area contributed by atoms with Gasteiger partial charge in [0.2, 0.25) is 0 Å². The summed E-state index contributed by atoms with van der Waals surface area (Å²) in [4.78, 5) is 4.57. The van der Waals surface area contributed by atoms with Gasteiger partial charge in [0.25, 0.3) is 0 Å². The Morgan fingerprint density at radius 3 is 2.71 bits per heavy atom. The molecule has 0 saturated heterocycles. The number of aliphatic hydroxyl groups is 1. The summed E-state index contributed by atoms with van der Waals surface area (Å²) in [7, 11) is 0. The molecule has 0 aliphatic rings. The van der Waals surface area contributed by atoms with E-state index in [-0.39, 0.29) is 6.61 Å². The topological polar surface area (TPSA) is 38.0 Å². The molecule has 0 amide bonds. The molecule has 0 aliphatic heterocycles. The number of aliphatic hydroxyl groups excluding tert-OH is 1. The third-order valence-corrected chi connectivity index (χ3v) is 2.55. The molecule has 1 aromatic carbocycles. The van der Waals surface area contributed by atoms with Crippen molar-refractivity contribution in [2.45, 2.75) is 13.0 Å². The second kappa shape index (κ2) is 5.46. The first kappa shape index (κ1) is 11.6. The van der Waals surface area contributed by atoms with Crippen molar-refractivity contribution in [3.8, 4) is 11.4 Å². The van der Waals surface area contributed by atoms with Gasteiger partial charge in [-0.05, 0) is 0 Å². The molecule has 3 nitrogen and oxygen atoms in total. The molecule has 1 heterocycles. The number of benzene rings is 1. The SMILES string of the molecule is C=CCc1cn(CCO)c(-c2ccccc2)n1. The minimum atomic E-state index is 0.115. The van der Waals surface area contributed by atoms with Crippen molar-refractivity contribution >= 4 is 0 Å². The first-order valence-electron chi connectivity index (χ1n) is 5.68. The Morgan fingerprint density at radius 2 is 2.06 bits per heavy atom. The molecule has 88 valence electrons. The van der Waals surface area contributed by atoms with Crippen LogP contribution in [0.25, 0.3) is 11.4 Å². The van der Waals surface area contributed by atoms with Gasteiger partial charge >= 0.3 is 0 Å². The summed E-state index contributed by atoms with van der Waals surface area (Å²) in [6, 6.07) is 10.00. The van der Waals surface area contributed by atoms with Crippen LogP contribution < -0.4 is 0 Å². The van der Waals surface area contributed by atoms with Crippen LogP contribution in [0.5, 0.6) is 0 Å². The minimum absolute atomic E-state index is 0.115. The van der Waals surface area contributed by atoms with Crippen molar-refractivity contribution in [2.75, 3.05) is 6.61 Å². The first-order chi connectivity index (χ1) is 8.35. The zero-order valence-electron chi connectivity index (χ0n) is 9.71. The molecule has 17 heavy (non-hydrogen) atoms. The summed E-state index contributed by atoms with van der Waals surface area (Å²) >= 11 is 0. The molecule has 0 saturated carbocycles. The van der Waals surface area contributed by atoms with E-state index < -0.39 is 0 Å². The molecule has 0 aliphatic carbocycles. The largest absolute Gasteiger partial charge is 0.395 e. The van der Waals surface area contributed by atoms with E-state index >= 15 is 0 Å². The van der Waals surface area contributed by atoms with E-state index in [1.807, 2.05) is 47.2 Å². The Morgan fingerprint density at radius 1 is 1.29 bits per heavy atom. The van der Waals surface area contributed by atoms with Gasteiger partial charge in [-0.15, -0.1) is 6.58 Å². The fraction of sp³-hybridized carbons (Fsp3) is 0.214. The van der Waals surface area contributed by atoms with Crippen LogP contribution in [0.2, 0.25) is 0 Å². The standard InChI is InChI=1S/C14H16N2O/c1-2-6-13-11-16(9-10-17)14(15-13)12-7-4-3-5-8-12/h2-5,7-8,11,17H,1,6,9-10H2. The number of aromatic nitrogens is 2. The molecule has 0 radical (unpaired) electrons. The highest BCUT2D eigenvalue weighted by Crippen LogP contribution is 2.18. The van der Waals surface area contributed by atoms with Gasteiger partial charge in [0.05, 0.1) is 12.3 Å². The van der Waals surface area contributed by atoms with Crippen LogP contribution >= 0.6 is 0 Å². The van der Waals surface area contributed by atoms with Crippen LogP contribution in [0.1, 0.15) is 5.69 Å². The van der Waals surface area contributed by atoms with E-state index in [1.54, 1.807) is 0 Å². The lowest BCUT2D eigenvalue weighted by atomic mass is 10.2. The van der Waals surface area contributed by atoms with E-state index in [9.17, 15) is 0 Å². The van der Waals surface area contributed by atoms with E-state index in [4.69, 9.17) is 5.11 Å². The van der Waals surface area contributed by atoms with Crippen molar-refractivity contribution in [3.05, 3.63) is 54.9 Å². The van der Waals surface area contributed by atoms with Gasteiger partial charge in [0.15, 0.2) is 0 Å². The zero-order valence-corrected chi connectivity index (χ0v) is 9.71. The van der Waals surface area contributed by atoms with Crippen LogP contribution in [-0.2, 0) is 13.0 Å². The van der Waals surface area contributed by atoms with E-state index in [0.717, 1.165) is 23.5 Å². The Kier molecular flexibility index (Phi) is 3.73. The highest BCUT2D eigenvalue weighted by atomic mass is 16.3. The van der Waals surface area contributed by atoms with Crippen molar-refractivity contribution in [1.82, 2.24) is 9.55 Å². The predicted octanol–water partition coefficient (Wildman–Crippen LogP) is 2.27. The average Bonchev–Trinajstić information content (AvgIpc) is 2.74. The van der Waals surface area contributed by atoms with Gasteiger partial charge in [0.1, 0.15) is 5.82 Å². The van der Waals surface area contributed by atoms with Crippen molar-refractivity contribution < 1.29 is 5.11 Å².